The molecule has 4 aromatic rings. The summed E-state index contributed by atoms with van der Waals surface area (Å²) in [6, 6.07) is 12.8. The van der Waals surface area contributed by atoms with E-state index in [0.29, 0.717) is 79.7 Å². The molecule has 5 heterocycles. The van der Waals surface area contributed by atoms with Gasteiger partial charge in [0.05, 0.1) is 36.9 Å². The second-order valence-electron chi connectivity index (χ2n) is 16.3. The van der Waals surface area contributed by atoms with E-state index in [1.807, 2.05) is 20.8 Å². The number of piperazine rings is 1. The standard InChI is InChI=1S/C45H50F3N9O6/c1-6-44(18-8-19-51-44)42(60)55-21-22-56(28(4)26-55)37-17-15-32(24-49-37)52-40(58)31-14-16-33(36(23-31)63-45(46,47)48)29-10-12-30(13-11-29)34-25-50-39(53-34)35-9-7-20-57(35)41(59)38(27(2)3)54-43(61)62-5/h1,10-17,23-25,27-28,35,38,51H,7-9,18-22,26H2,2-5H3,(H,50,53)(H,52,58)(H,54,61)/t28-,35+,38+,44+/m1/s1. The Morgan fingerprint density at radius 3 is 2.38 bits per heavy atom. The molecule has 3 aliphatic rings. The summed E-state index contributed by atoms with van der Waals surface area (Å²) in [5.41, 5.74) is 1.13. The number of rotatable bonds is 11. The first-order chi connectivity index (χ1) is 30.1. The average molecular weight is 870 g/mol. The van der Waals surface area contributed by atoms with Gasteiger partial charge in [0.1, 0.15) is 23.4 Å². The number of methoxy groups -OCH3 is 1. The molecule has 4 atom stereocenters. The number of ether oxygens (including phenoxy) is 2. The number of anilines is 2. The van der Waals surface area contributed by atoms with Crippen molar-refractivity contribution in [1.29, 1.82) is 0 Å². The lowest BCUT2D eigenvalue weighted by molar-refractivity contribution is -0.274. The van der Waals surface area contributed by atoms with Gasteiger partial charge in [0.25, 0.3) is 11.8 Å². The number of likely N-dealkylation sites (tertiary alicyclic amines) is 1. The molecular formula is C45H50F3N9O6. The van der Waals surface area contributed by atoms with Gasteiger partial charge in [-0.15, -0.1) is 19.6 Å². The molecule has 63 heavy (non-hydrogen) atoms. The summed E-state index contributed by atoms with van der Waals surface area (Å²) < 4.78 is 50.3. The summed E-state index contributed by atoms with van der Waals surface area (Å²) in [7, 11) is 1.24. The molecule has 4 amide bonds. The second kappa shape index (κ2) is 18.4. The minimum absolute atomic E-state index is 0.0681. The number of pyridine rings is 1. The fourth-order valence-corrected chi connectivity index (χ4v) is 8.48. The highest BCUT2D eigenvalue weighted by Gasteiger charge is 2.44. The third kappa shape index (κ3) is 9.73. The number of aromatic amines is 1. The Bertz CT molecular complexity index is 2360. The molecule has 2 aromatic heterocycles. The zero-order chi connectivity index (χ0) is 45.1. The van der Waals surface area contributed by atoms with Gasteiger partial charge in [-0.3, -0.25) is 19.7 Å². The summed E-state index contributed by atoms with van der Waals surface area (Å²) in [4.78, 5) is 70.1. The van der Waals surface area contributed by atoms with E-state index >= 15 is 0 Å². The van der Waals surface area contributed by atoms with Crippen LogP contribution in [-0.4, -0.2) is 112 Å². The molecule has 0 spiro atoms. The molecule has 3 aliphatic heterocycles. The number of hydrogen-bond acceptors (Lipinski definition) is 10. The largest absolute Gasteiger partial charge is 0.573 e. The first-order valence-corrected chi connectivity index (χ1v) is 20.9. The SMILES string of the molecule is C#C[C@@]1(C(=O)N2CCN(c3ccc(NC(=O)c4ccc(-c5ccc(-c6cnc([C@@H]7CCCN7C(=O)[C@@H](NC(=O)OC)C(C)C)[nH]6)cc5)c(OC(F)(F)F)c4)cn3)[C@H](C)C2)CCCN1. The van der Waals surface area contributed by atoms with E-state index < -0.39 is 35.7 Å². The van der Waals surface area contributed by atoms with E-state index in [0.717, 1.165) is 18.9 Å². The van der Waals surface area contributed by atoms with Crippen LogP contribution in [0.2, 0.25) is 0 Å². The first kappa shape index (κ1) is 44.4. The average Bonchev–Trinajstić information content (AvgIpc) is 4.07. The number of carbonyl (C=O) groups excluding carboxylic acids is 4. The normalized spacial score (nSPS) is 20.6. The van der Waals surface area contributed by atoms with Crippen molar-refractivity contribution in [2.45, 2.75) is 76.5 Å². The minimum atomic E-state index is -5.04. The van der Waals surface area contributed by atoms with Crippen molar-refractivity contribution in [3.8, 4) is 40.5 Å². The van der Waals surface area contributed by atoms with Gasteiger partial charge in [-0.1, -0.05) is 44.0 Å². The highest BCUT2D eigenvalue weighted by molar-refractivity contribution is 6.05. The number of benzene rings is 2. The number of halogens is 3. The fourth-order valence-electron chi connectivity index (χ4n) is 8.48. The predicted molar refractivity (Wildman–Crippen MR) is 228 cm³/mol. The molecule has 0 unspecified atom stereocenters. The maximum atomic E-state index is 13.7. The molecule has 0 bridgehead atoms. The lowest BCUT2D eigenvalue weighted by atomic mass is 9.96. The van der Waals surface area contributed by atoms with E-state index in [1.165, 1.54) is 25.4 Å². The molecule has 3 fully saturated rings. The van der Waals surface area contributed by atoms with Gasteiger partial charge in [0.2, 0.25) is 5.91 Å². The number of nitrogens with zero attached hydrogens (tertiary/aromatic N) is 5. The van der Waals surface area contributed by atoms with Crippen molar-refractivity contribution in [2.24, 2.45) is 5.92 Å². The van der Waals surface area contributed by atoms with Gasteiger partial charge in [-0.05, 0) is 86.5 Å². The van der Waals surface area contributed by atoms with Crippen molar-refractivity contribution < 1.29 is 41.8 Å². The van der Waals surface area contributed by atoms with Crippen LogP contribution in [0.15, 0.2) is 67.0 Å². The van der Waals surface area contributed by atoms with Crippen molar-refractivity contribution in [2.75, 3.05) is 50.1 Å². The molecule has 7 rings (SSSR count). The summed E-state index contributed by atoms with van der Waals surface area (Å²) >= 11 is 0. The van der Waals surface area contributed by atoms with Gasteiger partial charge < -0.3 is 39.8 Å². The van der Waals surface area contributed by atoms with E-state index in [4.69, 9.17) is 11.2 Å². The van der Waals surface area contributed by atoms with Crippen LogP contribution in [0.3, 0.4) is 0 Å². The molecule has 4 N–H and O–H groups in total. The molecule has 0 aliphatic carbocycles. The number of alkyl halides is 3. The van der Waals surface area contributed by atoms with E-state index in [9.17, 15) is 32.3 Å². The lowest BCUT2D eigenvalue weighted by Gasteiger charge is -2.42. The highest BCUT2D eigenvalue weighted by atomic mass is 19.4. The number of amides is 4. The Morgan fingerprint density at radius 1 is 0.984 bits per heavy atom. The number of alkyl carbamates (subject to hydrolysis) is 1. The first-order valence-electron chi connectivity index (χ1n) is 20.9. The Morgan fingerprint density at radius 2 is 1.75 bits per heavy atom. The smallest absolute Gasteiger partial charge is 0.453 e. The Kier molecular flexibility index (Phi) is 13.0. The maximum Gasteiger partial charge on any atom is 0.573 e. The molecule has 0 radical (unpaired) electrons. The van der Waals surface area contributed by atoms with Crippen molar-refractivity contribution >= 4 is 35.3 Å². The van der Waals surface area contributed by atoms with E-state index in [1.54, 1.807) is 52.4 Å². The molecular weight excluding hydrogens is 820 g/mol. The number of carbonyl (C=O) groups is 4. The Hall–Kier alpha value is -6.61. The molecule has 18 heteroatoms. The quantitative estimate of drug-likeness (QED) is 0.129. The zero-order valence-electron chi connectivity index (χ0n) is 35.4. The van der Waals surface area contributed by atoms with Crippen LogP contribution in [0.1, 0.15) is 68.7 Å². The minimum Gasteiger partial charge on any atom is -0.453 e. The number of aromatic nitrogens is 3. The number of imidazole rings is 1. The number of nitrogens with one attached hydrogen (secondary N) is 4. The number of hydrogen-bond donors (Lipinski definition) is 4. The van der Waals surface area contributed by atoms with E-state index in [-0.39, 0.29) is 40.9 Å². The van der Waals surface area contributed by atoms with Crippen LogP contribution in [0.4, 0.5) is 29.5 Å². The zero-order valence-corrected chi connectivity index (χ0v) is 35.4. The molecule has 2 aromatic carbocycles. The van der Waals surface area contributed by atoms with Crippen LogP contribution in [0.5, 0.6) is 5.75 Å². The molecule has 3 saturated heterocycles. The van der Waals surface area contributed by atoms with Crippen molar-refractivity contribution in [3.63, 3.8) is 0 Å². The van der Waals surface area contributed by atoms with Crippen LogP contribution in [0, 0.1) is 18.3 Å². The second-order valence-corrected chi connectivity index (χ2v) is 16.3. The van der Waals surface area contributed by atoms with Crippen LogP contribution in [-0.2, 0) is 14.3 Å². The Balaban J connectivity index is 1.01. The van der Waals surface area contributed by atoms with Gasteiger partial charge in [0.15, 0.2) is 5.54 Å². The van der Waals surface area contributed by atoms with Crippen LogP contribution >= 0.6 is 0 Å². The highest BCUT2D eigenvalue weighted by Crippen LogP contribution is 2.37. The summed E-state index contributed by atoms with van der Waals surface area (Å²) in [6.45, 7) is 8.30. The number of H-pyrrole nitrogens is 1. The molecule has 332 valence electrons. The Labute approximate surface area is 363 Å². The summed E-state index contributed by atoms with van der Waals surface area (Å²) in [5.74, 6) is 2.14. The van der Waals surface area contributed by atoms with E-state index in [2.05, 4.69) is 46.5 Å². The van der Waals surface area contributed by atoms with Gasteiger partial charge in [-0.25, -0.2) is 14.8 Å². The molecule has 0 saturated carbocycles. The predicted octanol–water partition coefficient (Wildman–Crippen LogP) is 6.13. The molecule has 15 nitrogen and oxygen atoms in total. The number of terminal acetylenes is 1. The maximum absolute atomic E-state index is 13.7. The third-order valence-corrected chi connectivity index (χ3v) is 11.8. The van der Waals surface area contributed by atoms with Gasteiger partial charge in [0, 0.05) is 43.3 Å². The summed E-state index contributed by atoms with van der Waals surface area (Å²) in [5, 5.41) is 8.53. The third-order valence-electron chi connectivity index (χ3n) is 11.8. The van der Waals surface area contributed by atoms with Gasteiger partial charge >= 0.3 is 12.5 Å². The summed E-state index contributed by atoms with van der Waals surface area (Å²) in [6.07, 6.45) is 5.97. The fraction of sp³-hybridized carbons (Fsp3) is 0.422. The van der Waals surface area contributed by atoms with Crippen LogP contribution < -0.4 is 25.6 Å². The van der Waals surface area contributed by atoms with Crippen LogP contribution in [0.25, 0.3) is 22.4 Å². The van der Waals surface area contributed by atoms with Crippen molar-refractivity contribution in [1.82, 2.24) is 35.4 Å². The lowest BCUT2D eigenvalue weighted by Crippen LogP contribution is -2.61. The van der Waals surface area contributed by atoms with Gasteiger partial charge in [-0.2, -0.15) is 0 Å². The monoisotopic (exact) mass is 869 g/mol. The van der Waals surface area contributed by atoms with Crippen molar-refractivity contribution in [3.05, 3.63) is 78.4 Å². The topological polar surface area (TPSA) is 174 Å².